The maximum Gasteiger partial charge on any atom is 0.150 e. The minimum atomic E-state index is -2.89. The van der Waals surface area contributed by atoms with Gasteiger partial charge in [-0.15, -0.1) is 0 Å². The molecule has 0 aromatic heterocycles. The van der Waals surface area contributed by atoms with E-state index in [2.05, 4.69) is 15.9 Å². The largest absolute Gasteiger partial charge is 0.324 e. The number of rotatable bonds is 2. The van der Waals surface area contributed by atoms with Gasteiger partial charge >= 0.3 is 0 Å². The molecule has 3 nitrogen and oxygen atoms in total. The van der Waals surface area contributed by atoms with Crippen LogP contribution in [0.5, 0.6) is 0 Å². The van der Waals surface area contributed by atoms with Crippen LogP contribution in [0.2, 0.25) is 5.02 Å². The van der Waals surface area contributed by atoms with Gasteiger partial charge in [0.2, 0.25) is 0 Å². The molecular weight excluding hydrogens is 326 g/mol. The molecule has 2 rings (SSSR count). The lowest BCUT2D eigenvalue weighted by atomic mass is 9.93. The molecule has 17 heavy (non-hydrogen) atoms. The van der Waals surface area contributed by atoms with Crippen molar-refractivity contribution in [1.82, 2.24) is 0 Å². The summed E-state index contributed by atoms with van der Waals surface area (Å²) in [5.74, 6) is 0.428. The van der Waals surface area contributed by atoms with Crippen molar-refractivity contribution in [3.05, 3.63) is 33.3 Å². The zero-order valence-electron chi connectivity index (χ0n) is 9.07. The van der Waals surface area contributed by atoms with E-state index in [4.69, 9.17) is 17.3 Å². The molecule has 94 valence electrons. The first kappa shape index (κ1) is 13.3. The van der Waals surface area contributed by atoms with Crippen LogP contribution in [0.25, 0.3) is 0 Å². The van der Waals surface area contributed by atoms with E-state index in [0.717, 1.165) is 10.0 Å². The molecule has 0 saturated carbocycles. The summed E-state index contributed by atoms with van der Waals surface area (Å²) in [6.07, 6.45) is 0.637. The van der Waals surface area contributed by atoms with E-state index in [1.165, 1.54) is 0 Å². The van der Waals surface area contributed by atoms with Gasteiger partial charge in [0.15, 0.2) is 9.84 Å². The smallest absolute Gasteiger partial charge is 0.150 e. The molecule has 2 N–H and O–H groups in total. The molecule has 0 aliphatic carbocycles. The molecule has 1 heterocycles. The Morgan fingerprint density at radius 2 is 2.18 bits per heavy atom. The van der Waals surface area contributed by atoms with Crippen molar-refractivity contribution < 1.29 is 8.42 Å². The Hall–Kier alpha value is -0.100. The molecule has 0 bridgehead atoms. The summed E-state index contributed by atoms with van der Waals surface area (Å²) in [7, 11) is -2.89. The molecular formula is C11H13BrClNO2S. The molecule has 1 aromatic rings. The Balaban J connectivity index is 2.23. The van der Waals surface area contributed by atoms with Gasteiger partial charge in [0.25, 0.3) is 0 Å². The first-order valence-electron chi connectivity index (χ1n) is 5.30. The Labute approximate surface area is 114 Å². The van der Waals surface area contributed by atoms with Crippen LogP contribution in [0.1, 0.15) is 18.0 Å². The average molecular weight is 339 g/mol. The Kier molecular flexibility index (Phi) is 3.83. The highest BCUT2D eigenvalue weighted by Gasteiger charge is 2.33. The molecule has 2 atom stereocenters. The Bertz CT molecular complexity index is 532. The number of halogens is 2. The lowest BCUT2D eigenvalue weighted by Crippen LogP contribution is -2.22. The molecule has 1 aliphatic heterocycles. The fourth-order valence-corrected chi connectivity index (χ4v) is 4.93. The van der Waals surface area contributed by atoms with Crippen LogP contribution in [-0.4, -0.2) is 19.9 Å². The second kappa shape index (κ2) is 4.88. The van der Waals surface area contributed by atoms with E-state index in [-0.39, 0.29) is 23.5 Å². The number of hydrogen-bond donors (Lipinski definition) is 1. The number of benzene rings is 1. The predicted octanol–water partition coefficient (Wildman–Crippen LogP) is 2.54. The van der Waals surface area contributed by atoms with E-state index < -0.39 is 9.84 Å². The van der Waals surface area contributed by atoms with Gasteiger partial charge in [-0.25, -0.2) is 8.42 Å². The summed E-state index contributed by atoms with van der Waals surface area (Å²) in [6.45, 7) is 0. The standard InChI is InChI=1S/C11H13BrClNO2S/c12-10-5-8(13)1-2-9(10)11(14)7-3-4-17(15,16)6-7/h1-2,5,7,11H,3-4,6,14H2. The summed E-state index contributed by atoms with van der Waals surface area (Å²) < 4.78 is 23.7. The van der Waals surface area contributed by atoms with Gasteiger partial charge in [-0.05, 0) is 30.0 Å². The third kappa shape index (κ3) is 3.02. The highest BCUT2D eigenvalue weighted by Crippen LogP contribution is 2.34. The first-order chi connectivity index (χ1) is 7.89. The van der Waals surface area contributed by atoms with Gasteiger partial charge in [0.1, 0.15) is 0 Å². The molecule has 0 amide bonds. The van der Waals surface area contributed by atoms with Gasteiger partial charge in [0, 0.05) is 15.5 Å². The normalized spacial score (nSPS) is 24.8. The fourth-order valence-electron chi connectivity index (χ4n) is 2.13. The van der Waals surface area contributed by atoms with Crippen LogP contribution >= 0.6 is 27.5 Å². The van der Waals surface area contributed by atoms with Crippen molar-refractivity contribution in [3.8, 4) is 0 Å². The second-order valence-corrected chi connectivity index (χ2v) is 7.87. The molecule has 1 fully saturated rings. The minimum Gasteiger partial charge on any atom is -0.324 e. The van der Waals surface area contributed by atoms with Crippen LogP contribution in [0.4, 0.5) is 0 Å². The molecule has 2 unspecified atom stereocenters. The number of nitrogens with two attached hydrogens (primary N) is 1. The van der Waals surface area contributed by atoms with E-state index in [9.17, 15) is 8.42 Å². The van der Waals surface area contributed by atoms with Gasteiger partial charge in [0.05, 0.1) is 11.5 Å². The minimum absolute atomic E-state index is 0.00234. The molecule has 1 saturated heterocycles. The van der Waals surface area contributed by atoms with Crippen molar-refractivity contribution in [2.24, 2.45) is 11.7 Å². The lowest BCUT2D eigenvalue weighted by Gasteiger charge is -2.19. The maximum absolute atomic E-state index is 11.4. The Morgan fingerprint density at radius 3 is 2.71 bits per heavy atom. The molecule has 0 radical (unpaired) electrons. The highest BCUT2D eigenvalue weighted by molar-refractivity contribution is 9.10. The van der Waals surface area contributed by atoms with E-state index in [1.54, 1.807) is 12.1 Å². The third-order valence-corrected chi connectivity index (χ3v) is 5.81. The number of sulfone groups is 1. The van der Waals surface area contributed by atoms with Crippen molar-refractivity contribution in [2.45, 2.75) is 12.5 Å². The van der Waals surface area contributed by atoms with Crippen molar-refractivity contribution >= 4 is 37.4 Å². The highest BCUT2D eigenvalue weighted by atomic mass is 79.9. The van der Waals surface area contributed by atoms with Crippen LogP contribution in [0.3, 0.4) is 0 Å². The first-order valence-corrected chi connectivity index (χ1v) is 8.29. The second-order valence-electron chi connectivity index (χ2n) is 4.35. The van der Waals surface area contributed by atoms with Gasteiger partial charge in [-0.2, -0.15) is 0 Å². The van der Waals surface area contributed by atoms with Gasteiger partial charge in [-0.1, -0.05) is 33.6 Å². The van der Waals surface area contributed by atoms with Crippen molar-refractivity contribution in [2.75, 3.05) is 11.5 Å². The third-order valence-electron chi connectivity index (χ3n) is 3.10. The zero-order chi connectivity index (χ0) is 12.6. The lowest BCUT2D eigenvalue weighted by molar-refractivity contribution is 0.478. The maximum atomic E-state index is 11.4. The number of hydrogen-bond acceptors (Lipinski definition) is 3. The van der Waals surface area contributed by atoms with Crippen LogP contribution in [-0.2, 0) is 9.84 Å². The zero-order valence-corrected chi connectivity index (χ0v) is 12.2. The molecule has 1 aromatic carbocycles. The van der Waals surface area contributed by atoms with Crippen LogP contribution in [0, 0.1) is 5.92 Å². The summed E-state index contributed by atoms with van der Waals surface area (Å²) in [5.41, 5.74) is 7.05. The molecule has 0 spiro atoms. The van der Waals surface area contributed by atoms with E-state index in [1.807, 2.05) is 6.07 Å². The fraction of sp³-hybridized carbons (Fsp3) is 0.455. The van der Waals surface area contributed by atoms with E-state index in [0.29, 0.717) is 11.4 Å². The van der Waals surface area contributed by atoms with Crippen LogP contribution in [0.15, 0.2) is 22.7 Å². The van der Waals surface area contributed by atoms with Crippen LogP contribution < -0.4 is 5.73 Å². The Morgan fingerprint density at radius 1 is 1.47 bits per heavy atom. The van der Waals surface area contributed by atoms with E-state index >= 15 is 0 Å². The molecule has 1 aliphatic rings. The van der Waals surface area contributed by atoms with Gasteiger partial charge < -0.3 is 5.73 Å². The summed E-state index contributed by atoms with van der Waals surface area (Å²) in [5, 5.41) is 0.631. The van der Waals surface area contributed by atoms with Crippen molar-refractivity contribution in [1.29, 1.82) is 0 Å². The summed E-state index contributed by atoms with van der Waals surface area (Å²) >= 11 is 9.27. The van der Waals surface area contributed by atoms with Gasteiger partial charge in [-0.3, -0.25) is 0 Å². The topological polar surface area (TPSA) is 60.2 Å². The monoisotopic (exact) mass is 337 g/mol. The average Bonchev–Trinajstić information content (AvgIpc) is 2.58. The predicted molar refractivity (Wildman–Crippen MR) is 72.8 cm³/mol. The summed E-state index contributed by atoms with van der Waals surface area (Å²) in [6, 6.07) is 5.13. The SMILES string of the molecule is NC(c1ccc(Cl)cc1Br)C1CCS(=O)(=O)C1. The summed E-state index contributed by atoms with van der Waals surface area (Å²) in [4.78, 5) is 0. The quantitative estimate of drug-likeness (QED) is 0.901. The van der Waals surface area contributed by atoms with Crippen molar-refractivity contribution in [3.63, 3.8) is 0 Å². The molecule has 6 heteroatoms.